The molecule has 0 aliphatic rings. The highest BCUT2D eigenvalue weighted by Crippen LogP contribution is 2.30. The molecule has 0 aliphatic carbocycles. The molecule has 0 amide bonds. The molecule has 0 atom stereocenters. The molecule has 1 aromatic carbocycles. The van der Waals surface area contributed by atoms with Gasteiger partial charge in [-0.15, -0.1) is 0 Å². The van der Waals surface area contributed by atoms with Crippen molar-refractivity contribution in [3.05, 3.63) is 51.8 Å². The first kappa shape index (κ1) is 12.3. The summed E-state index contributed by atoms with van der Waals surface area (Å²) in [6.07, 6.45) is 0. The highest BCUT2D eigenvalue weighted by atomic mass is 16.6. The number of rotatable bonds is 4. The Hall–Kier alpha value is -2.14. The molecule has 5 heteroatoms. The van der Waals surface area contributed by atoms with Crippen LogP contribution in [0.4, 0.5) is 5.69 Å². The Labute approximate surface area is 105 Å². The highest BCUT2D eigenvalue weighted by Gasteiger charge is 2.16. The van der Waals surface area contributed by atoms with Gasteiger partial charge in [0.25, 0.3) is 5.69 Å². The molecule has 0 unspecified atom stereocenters. The van der Waals surface area contributed by atoms with Crippen molar-refractivity contribution in [2.24, 2.45) is 0 Å². The quantitative estimate of drug-likeness (QED) is 0.665. The van der Waals surface area contributed by atoms with Crippen LogP contribution < -0.4 is 5.32 Å². The van der Waals surface area contributed by atoms with Gasteiger partial charge in [0, 0.05) is 17.2 Å². The van der Waals surface area contributed by atoms with Gasteiger partial charge in [0.15, 0.2) is 0 Å². The van der Waals surface area contributed by atoms with Crippen LogP contribution in [-0.2, 0) is 6.54 Å². The lowest BCUT2D eigenvalue weighted by molar-refractivity contribution is -0.385. The zero-order chi connectivity index (χ0) is 13.1. The Morgan fingerprint density at radius 1 is 1.33 bits per heavy atom. The first-order valence-electron chi connectivity index (χ1n) is 5.61. The number of furan rings is 1. The molecule has 0 fully saturated rings. The summed E-state index contributed by atoms with van der Waals surface area (Å²) in [5.41, 5.74) is 1.48. The average molecular weight is 246 g/mol. The molecule has 0 bridgehead atoms. The minimum Gasteiger partial charge on any atom is -0.460 e. The molecule has 0 saturated carbocycles. The molecule has 0 aliphatic heterocycles. The van der Waals surface area contributed by atoms with Gasteiger partial charge in [0.05, 0.1) is 11.5 Å². The molecule has 0 saturated heterocycles. The fourth-order valence-electron chi connectivity index (χ4n) is 1.88. The van der Waals surface area contributed by atoms with Crippen molar-refractivity contribution in [3.8, 4) is 11.3 Å². The first-order valence-corrected chi connectivity index (χ1v) is 5.61. The van der Waals surface area contributed by atoms with Crippen molar-refractivity contribution < 1.29 is 9.34 Å². The molecule has 1 aromatic heterocycles. The zero-order valence-electron chi connectivity index (χ0n) is 10.3. The lowest BCUT2D eigenvalue weighted by Gasteiger charge is -2.03. The molecule has 18 heavy (non-hydrogen) atoms. The molecular weight excluding hydrogens is 232 g/mol. The number of nitrogens with zero attached hydrogens (tertiary/aromatic N) is 1. The Morgan fingerprint density at radius 2 is 2.11 bits per heavy atom. The summed E-state index contributed by atoms with van der Waals surface area (Å²) in [6, 6.07) is 8.68. The predicted molar refractivity (Wildman–Crippen MR) is 68.3 cm³/mol. The molecule has 2 rings (SSSR count). The second-order valence-electron chi connectivity index (χ2n) is 4.00. The summed E-state index contributed by atoms with van der Waals surface area (Å²) in [5, 5.41) is 13.9. The highest BCUT2D eigenvalue weighted by molar-refractivity contribution is 5.67. The van der Waals surface area contributed by atoms with E-state index in [0.29, 0.717) is 17.9 Å². The number of hydrogen-bond acceptors (Lipinski definition) is 4. The Bertz CT molecular complexity index is 575. The number of nitro benzene ring substituents is 1. The number of nitrogens with one attached hydrogen (secondary N) is 1. The molecular formula is C13H14N2O3. The summed E-state index contributed by atoms with van der Waals surface area (Å²) in [7, 11) is 1.83. The van der Waals surface area contributed by atoms with E-state index in [-0.39, 0.29) is 10.6 Å². The van der Waals surface area contributed by atoms with Crippen molar-refractivity contribution in [1.82, 2.24) is 5.32 Å². The number of nitro groups is 1. The Kier molecular flexibility index (Phi) is 3.43. The SMILES string of the molecule is CNCc1ccc(-c2cccc([N+](=O)[O-])c2C)o1. The zero-order valence-corrected chi connectivity index (χ0v) is 10.3. The summed E-state index contributed by atoms with van der Waals surface area (Å²) in [4.78, 5) is 10.5. The smallest absolute Gasteiger partial charge is 0.273 e. The van der Waals surface area contributed by atoms with Crippen LogP contribution in [0.15, 0.2) is 34.7 Å². The van der Waals surface area contributed by atoms with E-state index in [4.69, 9.17) is 4.42 Å². The summed E-state index contributed by atoms with van der Waals surface area (Å²) in [5.74, 6) is 1.46. The van der Waals surface area contributed by atoms with E-state index in [0.717, 1.165) is 11.3 Å². The largest absolute Gasteiger partial charge is 0.460 e. The lowest BCUT2D eigenvalue weighted by Crippen LogP contribution is -2.03. The van der Waals surface area contributed by atoms with Crippen molar-refractivity contribution in [2.75, 3.05) is 7.05 Å². The van der Waals surface area contributed by atoms with Gasteiger partial charge in [-0.3, -0.25) is 10.1 Å². The third-order valence-electron chi connectivity index (χ3n) is 2.78. The summed E-state index contributed by atoms with van der Waals surface area (Å²) in [6.45, 7) is 2.36. The van der Waals surface area contributed by atoms with Crippen LogP contribution in [0.1, 0.15) is 11.3 Å². The Morgan fingerprint density at radius 3 is 2.78 bits per heavy atom. The number of benzene rings is 1. The van der Waals surface area contributed by atoms with Crippen LogP contribution in [0.5, 0.6) is 0 Å². The first-order chi connectivity index (χ1) is 8.63. The van der Waals surface area contributed by atoms with E-state index in [2.05, 4.69) is 5.32 Å². The summed E-state index contributed by atoms with van der Waals surface area (Å²) >= 11 is 0. The predicted octanol–water partition coefficient (Wildman–Crippen LogP) is 2.88. The van der Waals surface area contributed by atoms with E-state index in [9.17, 15) is 10.1 Å². The van der Waals surface area contributed by atoms with Crippen LogP contribution in [0, 0.1) is 17.0 Å². The van der Waals surface area contributed by atoms with Gasteiger partial charge in [-0.25, -0.2) is 0 Å². The van der Waals surface area contributed by atoms with Crippen LogP contribution >= 0.6 is 0 Å². The fraction of sp³-hybridized carbons (Fsp3) is 0.231. The van der Waals surface area contributed by atoms with Crippen LogP contribution in [0.3, 0.4) is 0 Å². The van der Waals surface area contributed by atoms with Gasteiger partial charge in [-0.05, 0) is 26.1 Å². The van der Waals surface area contributed by atoms with Crippen molar-refractivity contribution >= 4 is 5.69 Å². The van der Waals surface area contributed by atoms with Crippen molar-refractivity contribution in [3.63, 3.8) is 0 Å². The Balaban J connectivity index is 2.43. The minimum absolute atomic E-state index is 0.110. The standard InChI is InChI=1S/C13H14N2O3/c1-9-11(4-3-5-12(9)15(16)17)13-7-6-10(18-13)8-14-2/h3-7,14H,8H2,1-2H3. The van der Waals surface area contributed by atoms with Gasteiger partial charge >= 0.3 is 0 Å². The van der Waals surface area contributed by atoms with Crippen LogP contribution in [0.25, 0.3) is 11.3 Å². The van der Waals surface area contributed by atoms with E-state index in [1.165, 1.54) is 6.07 Å². The molecule has 5 nitrogen and oxygen atoms in total. The third-order valence-corrected chi connectivity index (χ3v) is 2.78. The molecule has 0 radical (unpaired) electrons. The maximum Gasteiger partial charge on any atom is 0.273 e. The van der Waals surface area contributed by atoms with E-state index >= 15 is 0 Å². The van der Waals surface area contributed by atoms with Gasteiger partial charge < -0.3 is 9.73 Å². The molecule has 2 aromatic rings. The van der Waals surface area contributed by atoms with Crippen molar-refractivity contribution in [2.45, 2.75) is 13.5 Å². The van der Waals surface area contributed by atoms with E-state index < -0.39 is 0 Å². The normalized spacial score (nSPS) is 10.6. The van der Waals surface area contributed by atoms with E-state index in [1.54, 1.807) is 13.0 Å². The molecule has 0 spiro atoms. The monoisotopic (exact) mass is 246 g/mol. The van der Waals surface area contributed by atoms with Gasteiger partial charge in [0.2, 0.25) is 0 Å². The lowest BCUT2D eigenvalue weighted by atomic mass is 10.1. The number of hydrogen-bond donors (Lipinski definition) is 1. The topological polar surface area (TPSA) is 68.3 Å². The fourth-order valence-corrected chi connectivity index (χ4v) is 1.88. The van der Waals surface area contributed by atoms with Gasteiger partial charge in [-0.1, -0.05) is 12.1 Å². The molecule has 1 N–H and O–H groups in total. The molecule has 1 heterocycles. The minimum atomic E-state index is -0.379. The van der Waals surface area contributed by atoms with E-state index in [1.807, 2.05) is 25.2 Å². The summed E-state index contributed by atoms with van der Waals surface area (Å²) < 4.78 is 5.64. The van der Waals surface area contributed by atoms with Crippen LogP contribution in [-0.4, -0.2) is 12.0 Å². The van der Waals surface area contributed by atoms with Crippen molar-refractivity contribution in [1.29, 1.82) is 0 Å². The maximum absolute atomic E-state index is 10.9. The molecule has 94 valence electrons. The van der Waals surface area contributed by atoms with Gasteiger partial charge in [-0.2, -0.15) is 0 Å². The third kappa shape index (κ3) is 2.26. The average Bonchev–Trinajstić information content (AvgIpc) is 2.78. The second kappa shape index (κ2) is 5.01. The second-order valence-corrected chi connectivity index (χ2v) is 4.00. The van der Waals surface area contributed by atoms with Gasteiger partial charge in [0.1, 0.15) is 11.5 Å². The maximum atomic E-state index is 10.9. The van der Waals surface area contributed by atoms with Crippen LogP contribution in [0.2, 0.25) is 0 Å².